The van der Waals surface area contributed by atoms with Crippen molar-refractivity contribution in [1.29, 1.82) is 0 Å². The van der Waals surface area contributed by atoms with E-state index in [2.05, 4.69) is 66.3 Å². The molecule has 1 rings (SSSR count). The number of benzene rings is 1. The van der Waals surface area contributed by atoms with Crippen LogP contribution in [0.5, 0.6) is 0 Å². The van der Waals surface area contributed by atoms with Gasteiger partial charge in [0.25, 0.3) is 0 Å². The molecule has 0 radical (unpaired) electrons. The number of rotatable bonds is 4. The van der Waals surface area contributed by atoms with Crippen LogP contribution in [0.2, 0.25) is 0 Å². The van der Waals surface area contributed by atoms with Crippen molar-refractivity contribution in [1.82, 2.24) is 5.32 Å². The van der Waals surface area contributed by atoms with Gasteiger partial charge in [0.1, 0.15) is 0 Å². The number of hydrogen-bond donors (Lipinski definition) is 1. The van der Waals surface area contributed by atoms with Gasteiger partial charge in [-0.15, -0.1) is 0 Å². The Hall–Kier alpha value is -0.340. The molecule has 0 amide bonds. The first kappa shape index (κ1) is 11.7. The van der Waals surface area contributed by atoms with Crippen LogP contribution in [0.1, 0.15) is 38.8 Å². The number of halogens is 1. The molecule has 1 aromatic rings. The van der Waals surface area contributed by atoms with Crippen LogP contribution in [0.25, 0.3) is 0 Å². The molecule has 0 aliphatic rings. The average molecular weight is 256 g/mol. The molecule has 1 nitrogen and oxygen atoms in total. The van der Waals surface area contributed by atoms with Crippen molar-refractivity contribution in [3.63, 3.8) is 0 Å². The molecule has 0 aromatic heterocycles. The van der Waals surface area contributed by atoms with E-state index in [-0.39, 0.29) is 0 Å². The summed E-state index contributed by atoms with van der Waals surface area (Å²) in [7, 11) is 0. The molecule has 0 aliphatic carbocycles. The molecule has 2 heteroatoms. The van der Waals surface area contributed by atoms with Gasteiger partial charge in [0.05, 0.1) is 0 Å². The molecule has 0 bridgehead atoms. The van der Waals surface area contributed by atoms with Crippen LogP contribution in [0, 0.1) is 0 Å². The summed E-state index contributed by atoms with van der Waals surface area (Å²) in [5.41, 5.74) is 1.34. The first-order valence-electron chi connectivity index (χ1n) is 5.15. The molecule has 0 fully saturated rings. The van der Waals surface area contributed by atoms with E-state index in [0.717, 1.165) is 4.47 Å². The van der Waals surface area contributed by atoms with Crippen LogP contribution in [-0.2, 0) is 0 Å². The monoisotopic (exact) mass is 255 g/mol. The van der Waals surface area contributed by atoms with E-state index < -0.39 is 0 Å². The van der Waals surface area contributed by atoms with Gasteiger partial charge in [-0.3, -0.25) is 0 Å². The lowest BCUT2D eigenvalue weighted by Crippen LogP contribution is -2.28. The summed E-state index contributed by atoms with van der Waals surface area (Å²) in [5.74, 6) is 0. The molecule has 78 valence electrons. The highest BCUT2D eigenvalue weighted by atomic mass is 79.9. The molecular formula is C12H18BrN. The maximum Gasteiger partial charge on any atom is 0.0294 e. The van der Waals surface area contributed by atoms with Crippen LogP contribution >= 0.6 is 15.9 Å². The molecule has 0 saturated heterocycles. The highest BCUT2D eigenvalue weighted by Crippen LogP contribution is 2.17. The Morgan fingerprint density at radius 1 is 1.21 bits per heavy atom. The normalized spacial score (nSPS) is 15.1. The van der Waals surface area contributed by atoms with Gasteiger partial charge in [-0.1, -0.05) is 35.0 Å². The Labute approximate surface area is 95.0 Å². The highest BCUT2D eigenvalue weighted by molar-refractivity contribution is 9.10. The van der Waals surface area contributed by atoms with Crippen molar-refractivity contribution < 1.29 is 0 Å². The largest absolute Gasteiger partial charge is 0.308 e. The molecule has 1 aromatic carbocycles. The first-order valence-corrected chi connectivity index (χ1v) is 5.94. The van der Waals surface area contributed by atoms with Gasteiger partial charge in [-0.05, 0) is 38.0 Å². The minimum atomic E-state index is 0.429. The average Bonchev–Trinajstić information content (AvgIpc) is 2.18. The molecule has 0 spiro atoms. The fourth-order valence-corrected chi connectivity index (χ4v) is 1.66. The summed E-state index contributed by atoms with van der Waals surface area (Å²) < 4.78 is 1.14. The highest BCUT2D eigenvalue weighted by Gasteiger charge is 2.07. The van der Waals surface area contributed by atoms with Crippen molar-refractivity contribution >= 4 is 15.9 Å². The lowest BCUT2D eigenvalue weighted by molar-refractivity contribution is 0.469. The predicted octanol–water partition coefficient (Wildman–Crippen LogP) is 3.90. The van der Waals surface area contributed by atoms with E-state index in [1.165, 1.54) is 12.0 Å². The number of hydrogen-bond acceptors (Lipinski definition) is 1. The summed E-state index contributed by atoms with van der Waals surface area (Å²) in [5, 5.41) is 3.55. The third kappa shape index (κ3) is 3.43. The fraction of sp³-hybridized carbons (Fsp3) is 0.500. The molecular weight excluding hydrogens is 238 g/mol. The summed E-state index contributed by atoms with van der Waals surface area (Å²) in [6.07, 6.45) is 1.17. The van der Waals surface area contributed by atoms with Crippen LogP contribution in [0.15, 0.2) is 28.7 Å². The molecule has 0 heterocycles. The molecule has 2 atom stereocenters. The zero-order valence-corrected chi connectivity index (χ0v) is 10.6. The van der Waals surface area contributed by atoms with E-state index in [9.17, 15) is 0 Å². The minimum Gasteiger partial charge on any atom is -0.308 e. The van der Waals surface area contributed by atoms with Gasteiger partial charge < -0.3 is 5.32 Å². The third-order valence-electron chi connectivity index (χ3n) is 2.52. The fourth-order valence-electron chi connectivity index (χ4n) is 1.39. The Bertz CT molecular complexity index is 268. The SMILES string of the molecule is CC[C@H](C)N[C@H](C)c1ccc(Br)cc1. The van der Waals surface area contributed by atoms with E-state index in [1.807, 2.05) is 0 Å². The van der Waals surface area contributed by atoms with Crippen LogP contribution in [-0.4, -0.2) is 6.04 Å². The first-order chi connectivity index (χ1) is 6.63. The zero-order chi connectivity index (χ0) is 10.6. The Morgan fingerprint density at radius 2 is 1.79 bits per heavy atom. The van der Waals surface area contributed by atoms with E-state index >= 15 is 0 Å². The van der Waals surface area contributed by atoms with Gasteiger partial charge in [-0.2, -0.15) is 0 Å². The summed E-state index contributed by atoms with van der Waals surface area (Å²) in [6.45, 7) is 6.62. The maximum absolute atomic E-state index is 3.55. The molecule has 0 aliphatic heterocycles. The Morgan fingerprint density at radius 3 is 2.29 bits per heavy atom. The molecule has 1 N–H and O–H groups in total. The predicted molar refractivity (Wildman–Crippen MR) is 65.4 cm³/mol. The standard InChI is InChI=1S/C12H18BrN/c1-4-9(2)14-10(3)11-5-7-12(13)8-6-11/h5-10,14H,4H2,1-3H3/t9-,10+/m0/s1. The van der Waals surface area contributed by atoms with Gasteiger partial charge in [-0.25, -0.2) is 0 Å². The zero-order valence-electron chi connectivity index (χ0n) is 9.05. The van der Waals surface area contributed by atoms with Crippen LogP contribution in [0.3, 0.4) is 0 Å². The molecule has 0 saturated carbocycles. The Balaban J connectivity index is 2.60. The summed E-state index contributed by atoms with van der Waals surface area (Å²) in [4.78, 5) is 0. The lowest BCUT2D eigenvalue weighted by atomic mass is 10.1. The van der Waals surface area contributed by atoms with Gasteiger partial charge in [0, 0.05) is 16.6 Å². The minimum absolute atomic E-state index is 0.429. The second-order valence-electron chi connectivity index (χ2n) is 3.75. The van der Waals surface area contributed by atoms with Crippen molar-refractivity contribution in [2.24, 2.45) is 0 Å². The van der Waals surface area contributed by atoms with Crippen molar-refractivity contribution in [2.45, 2.75) is 39.3 Å². The lowest BCUT2D eigenvalue weighted by Gasteiger charge is -2.19. The Kier molecular flexibility index (Phi) is 4.63. The second-order valence-corrected chi connectivity index (χ2v) is 4.66. The maximum atomic E-state index is 3.55. The molecule has 0 unspecified atom stereocenters. The van der Waals surface area contributed by atoms with Crippen LogP contribution < -0.4 is 5.32 Å². The second kappa shape index (κ2) is 5.52. The summed E-state index contributed by atoms with van der Waals surface area (Å²) >= 11 is 3.44. The molecule has 14 heavy (non-hydrogen) atoms. The number of nitrogens with one attached hydrogen (secondary N) is 1. The van der Waals surface area contributed by atoms with Gasteiger partial charge in [0.2, 0.25) is 0 Å². The third-order valence-corrected chi connectivity index (χ3v) is 3.05. The van der Waals surface area contributed by atoms with E-state index in [4.69, 9.17) is 0 Å². The van der Waals surface area contributed by atoms with E-state index in [0.29, 0.717) is 12.1 Å². The summed E-state index contributed by atoms with van der Waals surface area (Å²) in [6, 6.07) is 9.49. The van der Waals surface area contributed by atoms with Crippen LogP contribution in [0.4, 0.5) is 0 Å². The quantitative estimate of drug-likeness (QED) is 0.861. The van der Waals surface area contributed by atoms with Crippen molar-refractivity contribution in [3.8, 4) is 0 Å². The smallest absolute Gasteiger partial charge is 0.0294 e. The van der Waals surface area contributed by atoms with Crippen molar-refractivity contribution in [3.05, 3.63) is 34.3 Å². The van der Waals surface area contributed by atoms with Crippen molar-refractivity contribution in [2.75, 3.05) is 0 Å². The van der Waals surface area contributed by atoms with Gasteiger partial charge >= 0.3 is 0 Å². The van der Waals surface area contributed by atoms with Gasteiger partial charge in [0.15, 0.2) is 0 Å². The topological polar surface area (TPSA) is 12.0 Å². The van der Waals surface area contributed by atoms with E-state index in [1.54, 1.807) is 0 Å².